The largest absolute Gasteiger partial charge is 0.491 e. The third-order valence-electron chi connectivity index (χ3n) is 5.60. The van der Waals surface area contributed by atoms with Crippen LogP contribution in [-0.4, -0.2) is 40.1 Å². The SMILES string of the molecule is Cc1ccc(OCCNC(=O)[C@H]2CN(S(=O)(=O)c3ccccc3)c3ccc(C)cc3O2)c(C)c1. The lowest BCUT2D eigenvalue weighted by atomic mass is 10.1. The van der Waals surface area contributed by atoms with Gasteiger partial charge in [-0.3, -0.25) is 9.10 Å². The van der Waals surface area contributed by atoms with Gasteiger partial charge in [0.25, 0.3) is 15.9 Å². The van der Waals surface area contributed by atoms with Crippen LogP contribution in [0.2, 0.25) is 0 Å². The van der Waals surface area contributed by atoms with Crippen LogP contribution in [0.3, 0.4) is 0 Å². The molecule has 0 saturated heterocycles. The van der Waals surface area contributed by atoms with Crippen LogP contribution in [0.1, 0.15) is 16.7 Å². The fraction of sp³-hybridized carbons (Fsp3) is 0.269. The molecule has 7 nitrogen and oxygen atoms in total. The molecule has 3 aromatic rings. The fourth-order valence-corrected chi connectivity index (χ4v) is 5.35. The molecule has 1 aliphatic rings. The van der Waals surface area contributed by atoms with Crippen molar-refractivity contribution in [1.29, 1.82) is 0 Å². The van der Waals surface area contributed by atoms with Crippen molar-refractivity contribution in [3.8, 4) is 11.5 Å². The molecule has 0 aliphatic carbocycles. The molecule has 0 bridgehead atoms. The summed E-state index contributed by atoms with van der Waals surface area (Å²) in [5.41, 5.74) is 3.49. The van der Waals surface area contributed by atoms with E-state index in [1.54, 1.807) is 30.3 Å². The van der Waals surface area contributed by atoms with Crippen molar-refractivity contribution in [2.24, 2.45) is 0 Å². The third kappa shape index (κ3) is 5.02. The highest BCUT2D eigenvalue weighted by Crippen LogP contribution is 2.37. The minimum absolute atomic E-state index is 0.128. The predicted octanol–water partition coefficient (Wildman–Crippen LogP) is 3.76. The molecule has 3 aromatic carbocycles. The molecule has 0 radical (unpaired) electrons. The van der Waals surface area contributed by atoms with Gasteiger partial charge in [0.15, 0.2) is 6.10 Å². The van der Waals surface area contributed by atoms with Gasteiger partial charge in [0.1, 0.15) is 18.1 Å². The van der Waals surface area contributed by atoms with Gasteiger partial charge in [-0.1, -0.05) is 42.0 Å². The van der Waals surface area contributed by atoms with E-state index in [9.17, 15) is 13.2 Å². The Labute approximate surface area is 200 Å². The van der Waals surface area contributed by atoms with Crippen molar-refractivity contribution < 1.29 is 22.7 Å². The first kappa shape index (κ1) is 23.6. The van der Waals surface area contributed by atoms with Gasteiger partial charge in [0.05, 0.1) is 23.7 Å². The normalized spacial score (nSPS) is 15.3. The molecule has 0 saturated carbocycles. The van der Waals surface area contributed by atoms with Crippen molar-refractivity contribution in [2.75, 3.05) is 24.0 Å². The number of ether oxygens (including phenoxy) is 2. The number of hydrogen-bond acceptors (Lipinski definition) is 5. The van der Waals surface area contributed by atoms with Crippen molar-refractivity contribution in [3.05, 3.63) is 83.4 Å². The van der Waals surface area contributed by atoms with Gasteiger partial charge in [0, 0.05) is 0 Å². The summed E-state index contributed by atoms with van der Waals surface area (Å²) in [4.78, 5) is 13.1. The topological polar surface area (TPSA) is 84.9 Å². The van der Waals surface area contributed by atoms with E-state index in [-0.39, 0.29) is 24.6 Å². The number of aryl methyl sites for hydroxylation is 3. The summed E-state index contributed by atoms with van der Waals surface area (Å²) in [7, 11) is -3.88. The number of anilines is 1. The Morgan fingerprint density at radius 2 is 1.74 bits per heavy atom. The minimum atomic E-state index is -3.88. The Morgan fingerprint density at radius 1 is 1.03 bits per heavy atom. The molecule has 34 heavy (non-hydrogen) atoms. The smallest absolute Gasteiger partial charge is 0.264 e. The second-order valence-electron chi connectivity index (χ2n) is 8.34. The van der Waals surface area contributed by atoms with Crippen LogP contribution in [0.25, 0.3) is 0 Å². The number of hydrogen-bond donors (Lipinski definition) is 1. The first-order chi connectivity index (χ1) is 16.3. The maximum Gasteiger partial charge on any atom is 0.264 e. The maximum absolute atomic E-state index is 13.4. The summed E-state index contributed by atoms with van der Waals surface area (Å²) in [5.74, 6) is 0.723. The highest BCUT2D eigenvalue weighted by atomic mass is 32.2. The number of carbonyl (C=O) groups excluding carboxylic acids is 1. The Hall–Kier alpha value is -3.52. The number of nitrogens with zero attached hydrogens (tertiary/aromatic N) is 1. The molecule has 1 N–H and O–H groups in total. The van der Waals surface area contributed by atoms with E-state index >= 15 is 0 Å². The zero-order chi connectivity index (χ0) is 24.3. The first-order valence-electron chi connectivity index (χ1n) is 11.1. The minimum Gasteiger partial charge on any atom is -0.491 e. The van der Waals surface area contributed by atoms with Gasteiger partial charge in [-0.15, -0.1) is 0 Å². The summed E-state index contributed by atoms with van der Waals surface area (Å²) in [6.07, 6.45) is -0.992. The van der Waals surface area contributed by atoms with Gasteiger partial charge in [-0.2, -0.15) is 0 Å². The monoisotopic (exact) mass is 480 g/mol. The highest BCUT2D eigenvalue weighted by Gasteiger charge is 2.37. The van der Waals surface area contributed by atoms with Crippen LogP contribution in [-0.2, 0) is 14.8 Å². The zero-order valence-corrected chi connectivity index (χ0v) is 20.3. The van der Waals surface area contributed by atoms with Gasteiger partial charge < -0.3 is 14.8 Å². The molecule has 0 aromatic heterocycles. The second-order valence-corrected chi connectivity index (χ2v) is 10.2. The van der Waals surface area contributed by atoms with E-state index in [1.807, 2.05) is 45.0 Å². The predicted molar refractivity (Wildman–Crippen MR) is 131 cm³/mol. The fourth-order valence-electron chi connectivity index (χ4n) is 3.86. The Kier molecular flexibility index (Phi) is 6.79. The van der Waals surface area contributed by atoms with Crippen LogP contribution in [0.5, 0.6) is 11.5 Å². The van der Waals surface area contributed by atoms with Gasteiger partial charge >= 0.3 is 0 Å². The molecule has 1 aliphatic heterocycles. The molecule has 0 unspecified atom stereocenters. The number of fused-ring (bicyclic) bond motifs is 1. The van der Waals surface area contributed by atoms with E-state index in [2.05, 4.69) is 5.32 Å². The summed E-state index contributed by atoms with van der Waals surface area (Å²) >= 11 is 0. The average Bonchev–Trinajstić information content (AvgIpc) is 2.82. The number of sulfonamides is 1. The van der Waals surface area contributed by atoms with Crippen LogP contribution >= 0.6 is 0 Å². The highest BCUT2D eigenvalue weighted by molar-refractivity contribution is 7.92. The van der Waals surface area contributed by atoms with E-state index in [0.717, 1.165) is 22.4 Å². The molecule has 1 amide bonds. The third-order valence-corrected chi connectivity index (χ3v) is 7.39. The molecule has 1 heterocycles. The van der Waals surface area contributed by atoms with E-state index < -0.39 is 22.0 Å². The molecule has 8 heteroatoms. The quantitative estimate of drug-likeness (QED) is 0.521. The van der Waals surface area contributed by atoms with Crippen molar-refractivity contribution in [1.82, 2.24) is 5.32 Å². The number of amides is 1. The molecular formula is C26H28N2O5S. The Bertz CT molecular complexity index is 1290. The molecule has 178 valence electrons. The molecular weight excluding hydrogens is 452 g/mol. The lowest BCUT2D eigenvalue weighted by Crippen LogP contribution is -2.51. The summed E-state index contributed by atoms with van der Waals surface area (Å²) < 4.78 is 39.7. The average molecular weight is 481 g/mol. The van der Waals surface area contributed by atoms with Crippen LogP contribution in [0.15, 0.2) is 71.6 Å². The van der Waals surface area contributed by atoms with Crippen molar-refractivity contribution in [3.63, 3.8) is 0 Å². The van der Waals surface area contributed by atoms with E-state index in [4.69, 9.17) is 9.47 Å². The first-order valence-corrected chi connectivity index (χ1v) is 12.5. The van der Waals surface area contributed by atoms with E-state index in [1.165, 1.54) is 16.4 Å². The summed E-state index contributed by atoms with van der Waals surface area (Å²) in [6.45, 7) is 6.28. The number of carbonyl (C=O) groups is 1. The number of nitrogens with one attached hydrogen (secondary N) is 1. The summed E-state index contributed by atoms with van der Waals surface area (Å²) in [6, 6.07) is 19.4. The Morgan fingerprint density at radius 3 is 2.47 bits per heavy atom. The van der Waals surface area contributed by atoms with Gasteiger partial charge in [-0.05, 0) is 62.2 Å². The van der Waals surface area contributed by atoms with Crippen molar-refractivity contribution in [2.45, 2.75) is 31.8 Å². The van der Waals surface area contributed by atoms with Crippen LogP contribution < -0.4 is 19.1 Å². The summed E-state index contributed by atoms with van der Waals surface area (Å²) in [5, 5.41) is 2.80. The van der Waals surface area contributed by atoms with Gasteiger partial charge in [0.2, 0.25) is 0 Å². The molecule has 4 rings (SSSR count). The molecule has 1 atom stereocenters. The van der Waals surface area contributed by atoms with Gasteiger partial charge in [-0.25, -0.2) is 8.42 Å². The number of rotatable bonds is 7. The van der Waals surface area contributed by atoms with E-state index in [0.29, 0.717) is 11.4 Å². The Balaban J connectivity index is 1.47. The number of benzene rings is 3. The maximum atomic E-state index is 13.4. The zero-order valence-electron chi connectivity index (χ0n) is 19.4. The van der Waals surface area contributed by atoms with Crippen LogP contribution in [0, 0.1) is 20.8 Å². The van der Waals surface area contributed by atoms with Crippen LogP contribution in [0.4, 0.5) is 5.69 Å². The molecule has 0 spiro atoms. The van der Waals surface area contributed by atoms with Crippen molar-refractivity contribution >= 4 is 21.6 Å². The molecule has 0 fully saturated rings. The lowest BCUT2D eigenvalue weighted by molar-refractivity contribution is -0.127. The standard InChI is InChI=1S/C26H28N2O5S/c1-18-10-12-23(20(3)15-18)32-14-13-27-26(29)25-17-28(22-11-9-19(2)16-24(22)33-25)34(30,31)21-7-5-4-6-8-21/h4-12,15-16,25H,13-14,17H2,1-3H3,(H,27,29)/t25-/m1/s1. The lowest BCUT2D eigenvalue weighted by Gasteiger charge is -2.35. The second kappa shape index (κ2) is 9.77.